The van der Waals surface area contributed by atoms with Gasteiger partial charge < -0.3 is 9.42 Å². The number of aromatic amines is 1. The molecule has 1 atom stereocenters. The van der Waals surface area contributed by atoms with Crippen LogP contribution in [-0.4, -0.2) is 44.2 Å². The number of piperidine rings is 1. The number of hydrogen-bond donors (Lipinski definition) is 1. The molecule has 4 rings (SSSR count). The van der Waals surface area contributed by atoms with E-state index in [9.17, 15) is 4.79 Å². The molecule has 0 radical (unpaired) electrons. The molecule has 7 heteroatoms. The highest BCUT2D eigenvalue weighted by Gasteiger charge is 2.31. The normalized spacial score (nSPS) is 21.1. The number of aromatic nitrogens is 4. The van der Waals surface area contributed by atoms with Gasteiger partial charge in [-0.05, 0) is 32.1 Å². The summed E-state index contributed by atoms with van der Waals surface area (Å²) in [5.74, 6) is 1.47. The number of aryl methyl sites for hydroxylation is 2. The Morgan fingerprint density at radius 1 is 1.36 bits per heavy atom. The Morgan fingerprint density at radius 3 is 3.09 bits per heavy atom. The number of likely N-dealkylation sites (tertiary alicyclic amines) is 1. The molecule has 0 saturated carbocycles. The van der Waals surface area contributed by atoms with E-state index >= 15 is 0 Å². The van der Waals surface area contributed by atoms with Gasteiger partial charge in [0.1, 0.15) is 0 Å². The predicted octanol–water partition coefficient (Wildman–Crippen LogP) is 1.61. The fourth-order valence-electron chi connectivity index (χ4n) is 3.50. The van der Waals surface area contributed by atoms with Gasteiger partial charge in [0.05, 0.1) is 0 Å². The van der Waals surface area contributed by atoms with Gasteiger partial charge in [-0.25, -0.2) is 0 Å². The highest BCUT2D eigenvalue weighted by atomic mass is 16.5. The van der Waals surface area contributed by atoms with Crippen LogP contribution in [0.15, 0.2) is 4.52 Å². The van der Waals surface area contributed by atoms with Crippen molar-refractivity contribution in [1.82, 2.24) is 25.2 Å². The molecule has 116 valence electrons. The summed E-state index contributed by atoms with van der Waals surface area (Å²) >= 11 is 0. The zero-order chi connectivity index (χ0) is 15.1. The number of carbonyl (C=O) groups is 1. The molecule has 2 aliphatic rings. The van der Waals surface area contributed by atoms with Gasteiger partial charge in [0.15, 0.2) is 11.5 Å². The van der Waals surface area contributed by atoms with Crippen LogP contribution in [0.5, 0.6) is 0 Å². The fraction of sp³-hybridized carbons (Fsp3) is 0.600. The van der Waals surface area contributed by atoms with Crippen molar-refractivity contribution < 1.29 is 9.32 Å². The van der Waals surface area contributed by atoms with Crippen LogP contribution in [0.4, 0.5) is 0 Å². The second-order valence-corrected chi connectivity index (χ2v) is 6.14. The molecule has 2 aromatic rings. The van der Waals surface area contributed by atoms with E-state index in [1.807, 2.05) is 4.90 Å². The van der Waals surface area contributed by atoms with Crippen molar-refractivity contribution >= 4 is 5.91 Å². The molecule has 0 bridgehead atoms. The molecule has 0 aromatic carbocycles. The topological polar surface area (TPSA) is 87.9 Å². The van der Waals surface area contributed by atoms with Crippen LogP contribution in [0.3, 0.4) is 0 Å². The highest BCUT2D eigenvalue weighted by molar-refractivity contribution is 5.94. The van der Waals surface area contributed by atoms with Crippen molar-refractivity contribution in [3.05, 3.63) is 28.7 Å². The Balaban J connectivity index is 1.53. The first-order chi connectivity index (χ1) is 10.7. The van der Waals surface area contributed by atoms with Crippen molar-refractivity contribution in [3.8, 4) is 0 Å². The van der Waals surface area contributed by atoms with Gasteiger partial charge in [0.25, 0.3) is 5.91 Å². The Morgan fingerprint density at radius 2 is 2.27 bits per heavy atom. The molecule has 1 fully saturated rings. The molecular weight excluding hydrogens is 282 g/mol. The van der Waals surface area contributed by atoms with Crippen molar-refractivity contribution in [2.24, 2.45) is 0 Å². The van der Waals surface area contributed by atoms with Gasteiger partial charge in [-0.2, -0.15) is 10.1 Å². The maximum absolute atomic E-state index is 12.8. The third-order valence-corrected chi connectivity index (χ3v) is 4.63. The second kappa shape index (κ2) is 5.23. The van der Waals surface area contributed by atoms with E-state index in [0.29, 0.717) is 24.0 Å². The molecule has 0 unspecified atom stereocenters. The second-order valence-electron chi connectivity index (χ2n) is 6.14. The maximum Gasteiger partial charge on any atom is 0.274 e. The molecule has 3 heterocycles. The molecule has 1 aliphatic carbocycles. The molecule has 1 saturated heterocycles. The summed E-state index contributed by atoms with van der Waals surface area (Å²) in [5, 5.41) is 11.3. The Labute approximate surface area is 128 Å². The van der Waals surface area contributed by atoms with Crippen LogP contribution in [0.2, 0.25) is 0 Å². The summed E-state index contributed by atoms with van der Waals surface area (Å²) in [6, 6.07) is 0. The minimum atomic E-state index is 0.0318. The summed E-state index contributed by atoms with van der Waals surface area (Å²) in [6.45, 7) is 3.20. The van der Waals surface area contributed by atoms with Crippen LogP contribution in [-0.2, 0) is 12.8 Å². The van der Waals surface area contributed by atoms with Crippen LogP contribution >= 0.6 is 0 Å². The lowest BCUT2D eigenvalue weighted by atomic mass is 9.97. The summed E-state index contributed by atoms with van der Waals surface area (Å²) in [5.41, 5.74) is 2.85. The first kappa shape index (κ1) is 13.5. The number of nitrogens with one attached hydrogen (secondary N) is 1. The average Bonchev–Trinajstić information content (AvgIpc) is 3.22. The largest absolute Gasteiger partial charge is 0.340 e. The molecular formula is C15H19N5O2. The minimum Gasteiger partial charge on any atom is -0.340 e. The van der Waals surface area contributed by atoms with E-state index in [0.717, 1.165) is 49.9 Å². The molecule has 1 aliphatic heterocycles. The van der Waals surface area contributed by atoms with Crippen LogP contribution in [0, 0.1) is 6.92 Å². The van der Waals surface area contributed by atoms with Gasteiger partial charge in [-0.1, -0.05) is 5.16 Å². The third kappa shape index (κ3) is 2.20. The maximum atomic E-state index is 12.8. The molecule has 22 heavy (non-hydrogen) atoms. The van der Waals surface area contributed by atoms with E-state index in [4.69, 9.17) is 4.52 Å². The van der Waals surface area contributed by atoms with E-state index < -0.39 is 0 Å². The Hall–Kier alpha value is -2.18. The van der Waals surface area contributed by atoms with Gasteiger partial charge >= 0.3 is 0 Å². The number of hydrogen-bond acceptors (Lipinski definition) is 5. The average molecular weight is 301 g/mol. The van der Waals surface area contributed by atoms with E-state index in [2.05, 4.69) is 20.3 Å². The first-order valence-corrected chi connectivity index (χ1v) is 7.88. The van der Waals surface area contributed by atoms with Crippen molar-refractivity contribution in [2.75, 3.05) is 13.1 Å². The lowest BCUT2D eigenvalue weighted by Gasteiger charge is -2.31. The van der Waals surface area contributed by atoms with Crippen LogP contribution in [0.1, 0.15) is 58.6 Å². The molecule has 2 aromatic heterocycles. The number of rotatable bonds is 2. The SMILES string of the molecule is Cc1nc([C@@H]2CCCN(C(=O)c3n[nH]c4c3CCC4)C2)no1. The Bertz CT molecular complexity index is 705. The number of H-pyrrole nitrogens is 1. The number of nitrogens with zero attached hydrogens (tertiary/aromatic N) is 4. The number of fused-ring (bicyclic) bond motifs is 1. The predicted molar refractivity (Wildman–Crippen MR) is 77.5 cm³/mol. The lowest BCUT2D eigenvalue weighted by Crippen LogP contribution is -2.39. The van der Waals surface area contributed by atoms with Gasteiger partial charge in [-0.3, -0.25) is 9.89 Å². The van der Waals surface area contributed by atoms with E-state index in [1.165, 1.54) is 0 Å². The quantitative estimate of drug-likeness (QED) is 0.910. The number of amides is 1. The highest BCUT2D eigenvalue weighted by Crippen LogP contribution is 2.28. The van der Waals surface area contributed by atoms with Crippen LogP contribution in [0.25, 0.3) is 0 Å². The monoisotopic (exact) mass is 301 g/mol. The molecule has 1 amide bonds. The molecule has 7 nitrogen and oxygen atoms in total. The Kier molecular flexibility index (Phi) is 3.20. The zero-order valence-corrected chi connectivity index (χ0v) is 12.6. The molecule has 1 N–H and O–H groups in total. The summed E-state index contributed by atoms with van der Waals surface area (Å²) < 4.78 is 5.06. The smallest absolute Gasteiger partial charge is 0.274 e. The van der Waals surface area contributed by atoms with Gasteiger partial charge in [-0.15, -0.1) is 0 Å². The van der Waals surface area contributed by atoms with Crippen LogP contribution < -0.4 is 0 Å². The lowest BCUT2D eigenvalue weighted by molar-refractivity contribution is 0.0696. The third-order valence-electron chi connectivity index (χ3n) is 4.63. The van der Waals surface area contributed by atoms with Gasteiger partial charge in [0.2, 0.25) is 5.89 Å². The fourth-order valence-corrected chi connectivity index (χ4v) is 3.50. The standard InChI is InChI=1S/C15H19N5O2/c1-9-16-14(19-22-9)10-4-3-7-20(8-10)15(21)13-11-5-2-6-12(11)17-18-13/h10H,2-8H2,1H3,(H,17,18)/t10-/m1/s1. The van der Waals surface area contributed by atoms with Gasteiger partial charge in [0, 0.05) is 37.2 Å². The minimum absolute atomic E-state index is 0.0318. The molecule has 0 spiro atoms. The van der Waals surface area contributed by atoms with Crippen molar-refractivity contribution in [2.45, 2.75) is 44.9 Å². The summed E-state index contributed by atoms with van der Waals surface area (Å²) in [6.07, 6.45) is 5.00. The van der Waals surface area contributed by atoms with E-state index in [1.54, 1.807) is 6.92 Å². The number of carbonyl (C=O) groups excluding carboxylic acids is 1. The summed E-state index contributed by atoms with van der Waals surface area (Å²) in [4.78, 5) is 19.0. The zero-order valence-electron chi connectivity index (χ0n) is 12.6. The van der Waals surface area contributed by atoms with Crippen molar-refractivity contribution in [3.63, 3.8) is 0 Å². The summed E-state index contributed by atoms with van der Waals surface area (Å²) in [7, 11) is 0. The van der Waals surface area contributed by atoms with E-state index in [-0.39, 0.29) is 11.8 Å². The first-order valence-electron chi connectivity index (χ1n) is 7.88. The van der Waals surface area contributed by atoms with Crippen molar-refractivity contribution in [1.29, 1.82) is 0 Å².